The van der Waals surface area contributed by atoms with Gasteiger partial charge in [-0.3, -0.25) is 4.79 Å². The van der Waals surface area contributed by atoms with Gasteiger partial charge in [0.1, 0.15) is 36.0 Å². The fraction of sp³-hybridized carbons (Fsp3) is 0.115. The van der Waals surface area contributed by atoms with E-state index in [0.29, 0.717) is 5.75 Å². The molecule has 0 aliphatic heterocycles. The molecule has 0 spiro atoms. The molecular formula is C26H21NO7. The van der Waals surface area contributed by atoms with Crippen LogP contribution in [-0.4, -0.2) is 18.6 Å². The summed E-state index contributed by atoms with van der Waals surface area (Å²) in [6, 6.07) is 22.4. The molecule has 0 atom stereocenters. The van der Waals surface area contributed by atoms with Crippen molar-refractivity contribution in [1.29, 1.82) is 0 Å². The number of aryl methyl sites for hydroxylation is 1. The lowest BCUT2D eigenvalue weighted by molar-refractivity contribution is -0.133. The molecule has 0 fully saturated rings. The average Bonchev–Trinajstić information content (AvgIpc) is 2.85. The molecule has 4 aromatic rings. The summed E-state index contributed by atoms with van der Waals surface area (Å²) < 4.78 is 21.7. The topological polar surface area (TPSA) is 104 Å². The van der Waals surface area contributed by atoms with Gasteiger partial charge in [0.2, 0.25) is 11.2 Å². The number of hydrogen-bond donors (Lipinski definition) is 1. The van der Waals surface area contributed by atoms with Crippen molar-refractivity contribution in [2.75, 3.05) is 6.54 Å². The minimum Gasteiger partial charge on any atom is -0.457 e. The molecule has 0 aliphatic carbocycles. The fourth-order valence-electron chi connectivity index (χ4n) is 3.14. The molecule has 1 N–H and O–H groups in total. The molecule has 0 saturated heterocycles. The Balaban J connectivity index is 1.37. The molecule has 1 amide bonds. The maximum Gasteiger partial charge on any atom is 0.407 e. The summed E-state index contributed by atoms with van der Waals surface area (Å²) in [5.41, 5.74) is 0.720. The van der Waals surface area contributed by atoms with Crippen molar-refractivity contribution in [2.24, 2.45) is 0 Å². The largest absolute Gasteiger partial charge is 0.457 e. The van der Waals surface area contributed by atoms with Crippen molar-refractivity contribution in [3.8, 4) is 17.2 Å². The number of nitrogens with one attached hydrogen (secondary N) is 1. The molecule has 0 unspecified atom stereocenters. The Bertz CT molecular complexity index is 1360. The van der Waals surface area contributed by atoms with E-state index in [-0.39, 0.29) is 40.3 Å². The molecular weight excluding hydrogens is 438 g/mol. The Hall–Kier alpha value is -4.59. The number of hydrogen-bond acceptors (Lipinski definition) is 7. The molecule has 0 bridgehead atoms. The lowest BCUT2D eigenvalue weighted by Gasteiger charge is -2.10. The normalized spacial score (nSPS) is 10.5. The molecule has 1 aromatic heterocycles. The highest BCUT2D eigenvalue weighted by Crippen LogP contribution is 2.27. The number of rotatable bonds is 7. The summed E-state index contributed by atoms with van der Waals surface area (Å²) in [4.78, 5) is 36.8. The summed E-state index contributed by atoms with van der Waals surface area (Å²) in [6.45, 7) is 1.31. The third-order valence-electron chi connectivity index (χ3n) is 4.77. The summed E-state index contributed by atoms with van der Waals surface area (Å²) in [5.74, 6) is 0.335. The zero-order valence-electron chi connectivity index (χ0n) is 18.3. The van der Waals surface area contributed by atoms with Crippen LogP contribution < -0.4 is 20.2 Å². The van der Waals surface area contributed by atoms with Gasteiger partial charge in [-0.1, -0.05) is 48.5 Å². The molecule has 0 aliphatic rings. The number of alkyl carbamates (subject to hydrolysis) is 1. The van der Waals surface area contributed by atoms with Gasteiger partial charge >= 0.3 is 12.1 Å². The van der Waals surface area contributed by atoms with Gasteiger partial charge in [0, 0.05) is 6.07 Å². The van der Waals surface area contributed by atoms with Crippen molar-refractivity contribution >= 4 is 23.0 Å². The van der Waals surface area contributed by atoms with Crippen LogP contribution in [0.25, 0.3) is 11.0 Å². The Morgan fingerprint density at radius 3 is 2.35 bits per heavy atom. The highest BCUT2D eigenvalue weighted by Gasteiger charge is 2.16. The van der Waals surface area contributed by atoms with Gasteiger partial charge in [0.05, 0.1) is 5.39 Å². The molecule has 172 valence electrons. The summed E-state index contributed by atoms with van der Waals surface area (Å²) in [6.07, 6.45) is -0.744. The van der Waals surface area contributed by atoms with Gasteiger partial charge in [0.25, 0.3) is 0 Å². The second-order valence-electron chi connectivity index (χ2n) is 7.28. The number of amides is 1. The van der Waals surface area contributed by atoms with E-state index < -0.39 is 18.6 Å². The molecule has 3 aromatic carbocycles. The number of benzene rings is 3. The van der Waals surface area contributed by atoms with E-state index >= 15 is 0 Å². The quantitative estimate of drug-likeness (QED) is 0.315. The summed E-state index contributed by atoms with van der Waals surface area (Å²) >= 11 is 0. The van der Waals surface area contributed by atoms with Crippen LogP contribution in [0.4, 0.5) is 4.79 Å². The van der Waals surface area contributed by atoms with E-state index in [2.05, 4.69) is 5.32 Å². The zero-order valence-corrected chi connectivity index (χ0v) is 18.3. The van der Waals surface area contributed by atoms with E-state index in [1.807, 2.05) is 36.4 Å². The second-order valence-corrected chi connectivity index (χ2v) is 7.28. The summed E-state index contributed by atoms with van der Waals surface area (Å²) in [5, 5.41) is 2.61. The van der Waals surface area contributed by atoms with E-state index in [0.717, 1.165) is 5.56 Å². The predicted molar refractivity (Wildman–Crippen MR) is 124 cm³/mol. The molecule has 0 radical (unpaired) electrons. The van der Waals surface area contributed by atoms with E-state index in [1.165, 1.54) is 18.2 Å². The van der Waals surface area contributed by atoms with Crippen LogP contribution in [-0.2, 0) is 16.1 Å². The van der Waals surface area contributed by atoms with Crippen LogP contribution in [0.5, 0.6) is 17.2 Å². The Labute approximate surface area is 194 Å². The first-order valence-corrected chi connectivity index (χ1v) is 10.4. The molecule has 0 saturated carbocycles. The monoisotopic (exact) mass is 459 g/mol. The van der Waals surface area contributed by atoms with Gasteiger partial charge in [-0.25, -0.2) is 9.59 Å². The summed E-state index contributed by atoms with van der Waals surface area (Å²) in [7, 11) is 0. The van der Waals surface area contributed by atoms with Gasteiger partial charge in [-0.15, -0.1) is 0 Å². The molecule has 8 nitrogen and oxygen atoms in total. The molecule has 34 heavy (non-hydrogen) atoms. The van der Waals surface area contributed by atoms with Crippen LogP contribution in [0.1, 0.15) is 11.3 Å². The highest BCUT2D eigenvalue weighted by molar-refractivity contribution is 5.83. The lowest BCUT2D eigenvalue weighted by Crippen LogP contribution is -2.32. The average molecular weight is 459 g/mol. The first-order valence-electron chi connectivity index (χ1n) is 10.4. The molecule has 1 heterocycles. The van der Waals surface area contributed by atoms with E-state index in [9.17, 15) is 14.4 Å². The smallest absolute Gasteiger partial charge is 0.407 e. The Morgan fingerprint density at radius 2 is 1.62 bits per heavy atom. The first kappa shape index (κ1) is 22.6. The highest BCUT2D eigenvalue weighted by atomic mass is 16.6. The van der Waals surface area contributed by atoms with Gasteiger partial charge < -0.3 is 23.9 Å². The number of carbonyl (C=O) groups excluding carboxylic acids is 2. The van der Waals surface area contributed by atoms with Crippen LogP contribution in [0, 0.1) is 6.92 Å². The third-order valence-corrected chi connectivity index (χ3v) is 4.77. The van der Waals surface area contributed by atoms with Crippen molar-refractivity contribution in [1.82, 2.24) is 5.32 Å². The van der Waals surface area contributed by atoms with Crippen LogP contribution in [0.3, 0.4) is 0 Å². The third kappa shape index (κ3) is 5.60. The maximum absolute atomic E-state index is 12.9. The second kappa shape index (κ2) is 10.4. The number of ether oxygens (including phenoxy) is 3. The van der Waals surface area contributed by atoms with Crippen LogP contribution in [0.2, 0.25) is 0 Å². The fourth-order valence-corrected chi connectivity index (χ4v) is 3.14. The lowest BCUT2D eigenvalue weighted by atomic mass is 10.2. The van der Waals surface area contributed by atoms with Gasteiger partial charge in [-0.2, -0.15) is 0 Å². The predicted octanol–water partition coefficient (Wildman–Crippen LogP) is 4.73. The molecule has 8 heteroatoms. The number of fused-ring (bicyclic) bond motifs is 1. The van der Waals surface area contributed by atoms with Crippen molar-refractivity contribution < 1.29 is 28.2 Å². The van der Waals surface area contributed by atoms with Crippen molar-refractivity contribution in [2.45, 2.75) is 13.5 Å². The standard InChI is InChI=1S/C26H21NO7/c1-17-25(34-19-10-6-3-7-11-19)24(29)21-13-12-20(14-22(21)32-17)33-23(28)15-27-26(30)31-16-18-8-4-2-5-9-18/h2-14H,15-16H2,1H3,(H,27,30). The van der Waals surface area contributed by atoms with E-state index in [4.69, 9.17) is 18.6 Å². The van der Waals surface area contributed by atoms with Crippen molar-refractivity contribution in [3.63, 3.8) is 0 Å². The minimum atomic E-state index is -0.744. The number of para-hydroxylation sites is 1. The zero-order chi connectivity index (χ0) is 23.9. The number of esters is 1. The molecule has 4 rings (SSSR count). The minimum absolute atomic E-state index is 0.0841. The number of carbonyl (C=O) groups is 2. The van der Waals surface area contributed by atoms with Crippen molar-refractivity contribution in [3.05, 3.63) is 100 Å². The van der Waals surface area contributed by atoms with Gasteiger partial charge in [0.15, 0.2) is 0 Å². The van der Waals surface area contributed by atoms with E-state index in [1.54, 1.807) is 31.2 Å². The maximum atomic E-state index is 12.9. The van der Waals surface area contributed by atoms with Crippen LogP contribution >= 0.6 is 0 Å². The first-order chi connectivity index (χ1) is 16.5. The SMILES string of the molecule is Cc1oc2cc(OC(=O)CNC(=O)OCc3ccccc3)ccc2c(=O)c1Oc1ccccc1. The Morgan fingerprint density at radius 1 is 0.912 bits per heavy atom. The van der Waals surface area contributed by atoms with Gasteiger partial charge in [-0.05, 0) is 36.8 Å². The Kier molecular flexibility index (Phi) is 6.88. The van der Waals surface area contributed by atoms with Crippen LogP contribution in [0.15, 0.2) is 88.1 Å².